The smallest absolute Gasteiger partial charge is 0.126 e. The zero-order valence-corrected chi connectivity index (χ0v) is 11.9. The van der Waals surface area contributed by atoms with Crippen molar-refractivity contribution < 1.29 is 5.11 Å². The molecule has 1 aromatic rings. The van der Waals surface area contributed by atoms with Crippen LogP contribution in [0.4, 0.5) is 5.82 Å². The summed E-state index contributed by atoms with van der Waals surface area (Å²) in [5.74, 6) is 0.921. The fourth-order valence-electron chi connectivity index (χ4n) is 1.53. The number of pyridine rings is 1. The van der Waals surface area contributed by atoms with E-state index in [2.05, 4.69) is 28.2 Å². The van der Waals surface area contributed by atoms with Crippen LogP contribution in [-0.4, -0.2) is 40.7 Å². The summed E-state index contributed by atoms with van der Waals surface area (Å²) in [7, 11) is 2.02. The second kappa shape index (κ2) is 6.71. The van der Waals surface area contributed by atoms with E-state index in [0.717, 1.165) is 25.3 Å². The first-order chi connectivity index (χ1) is 8.49. The van der Waals surface area contributed by atoms with Crippen LogP contribution < -0.4 is 5.32 Å². The zero-order valence-electron chi connectivity index (χ0n) is 11.9. The van der Waals surface area contributed by atoms with Crippen LogP contribution in [0.5, 0.6) is 0 Å². The highest BCUT2D eigenvalue weighted by Crippen LogP contribution is 2.16. The summed E-state index contributed by atoms with van der Waals surface area (Å²) in [6.45, 7) is 8.09. The third-order valence-corrected chi connectivity index (χ3v) is 3.22. The molecule has 1 heterocycles. The van der Waals surface area contributed by atoms with Gasteiger partial charge in [-0.15, -0.1) is 0 Å². The first-order valence-corrected chi connectivity index (χ1v) is 6.50. The lowest BCUT2D eigenvalue weighted by atomic mass is 10.0. The number of hydrogen-bond donors (Lipinski definition) is 2. The minimum atomic E-state index is -0.208. The molecule has 4 heteroatoms. The van der Waals surface area contributed by atoms with Crippen molar-refractivity contribution in [2.75, 3.05) is 25.5 Å². The number of aliphatic hydroxyl groups excluding tert-OH is 1. The largest absolute Gasteiger partial charge is 0.394 e. The molecule has 0 aliphatic heterocycles. The SMILES string of the molecule is CCCNc1cc(CN(C)C(C)(C)CO)ccn1. The summed E-state index contributed by atoms with van der Waals surface area (Å²) in [6.07, 6.45) is 2.91. The predicted octanol–water partition coefficient (Wildman–Crippen LogP) is 2.11. The van der Waals surface area contributed by atoms with E-state index in [9.17, 15) is 5.11 Å². The third kappa shape index (κ3) is 4.27. The van der Waals surface area contributed by atoms with Gasteiger partial charge >= 0.3 is 0 Å². The topological polar surface area (TPSA) is 48.4 Å². The fraction of sp³-hybridized carbons (Fsp3) is 0.643. The van der Waals surface area contributed by atoms with Gasteiger partial charge in [0, 0.05) is 24.8 Å². The van der Waals surface area contributed by atoms with E-state index >= 15 is 0 Å². The minimum Gasteiger partial charge on any atom is -0.394 e. The summed E-state index contributed by atoms with van der Waals surface area (Å²) in [6, 6.07) is 4.08. The van der Waals surface area contributed by atoms with Gasteiger partial charge in [-0.25, -0.2) is 4.98 Å². The minimum absolute atomic E-state index is 0.148. The summed E-state index contributed by atoms with van der Waals surface area (Å²) in [5.41, 5.74) is 0.993. The molecule has 0 fully saturated rings. The number of rotatable bonds is 7. The Morgan fingerprint density at radius 1 is 1.44 bits per heavy atom. The Hall–Kier alpha value is -1.13. The van der Waals surface area contributed by atoms with Gasteiger partial charge in [-0.3, -0.25) is 4.90 Å². The monoisotopic (exact) mass is 251 g/mol. The lowest BCUT2D eigenvalue weighted by Gasteiger charge is -2.33. The normalized spacial score (nSPS) is 11.9. The molecule has 0 aromatic carbocycles. The van der Waals surface area contributed by atoms with Gasteiger partial charge in [0.15, 0.2) is 0 Å². The third-order valence-electron chi connectivity index (χ3n) is 3.22. The molecule has 0 spiro atoms. The quantitative estimate of drug-likeness (QED) is 0.779. The Labute approximate surface area is 110 Å². The molecule has 0 unspecified atom stereocenters. The molecule has 0 saturated heterocycles. The van der Waals surface area contributed by atoms with E-state index in [4.69, 9.17) is 0 Å². The van der Waals surface area contributed by atoms with Crippen LogP contribution >= 0.6 is 0 Å². The number of nitrogens with one attached hydrogen (secondary N) is 1. The molecule has 102 valence electrons. The van der Waals surface area contributed by atoms with Crippen LogP contribution in [0.15, 0.2) is 18.3 Å². The number of likely N-dealkylation sites (N-methyl/N-ethyl adjacent to an activating group) is 1. The van der Waals surface area contributed by atoms with Crippen molar-refractivity contribution in [3.8, 4) is 0 Å². The van der Waals surface area contributed by atoms with Crippen molar-refractivity contribution in [3.05, 3.63) is 23.9 Å². The van der Waals surface area contributed by atoms with Crippen molar-refractivity contribution in [2.45, 2.75) is 39.3 Å². The molecule has 0 aliphatic rings. The molecule has 2 N–H and O–H groups in total. The first-order valence-electron chi connectivity index (χ1n) is 6.50. The number of hydrogen-bond acceptors (Lipinski definition) is 4. The molecule has 0 aliphatic carbocycles. The molecular weight excluding hydrogens is 226 g/mol. The predicted molar refractivity (Wildman–Crippen MR) is 75.6 cm³/mol. The Morgan fingerprint density at radius 2 is 2.17 bits per heavy atom. The van der Waals surface area contributed by atoms with Gasteiger partial charge in [0.05, 0.1) is 6.61 Å². The average molecular weight is 251 g/mol. The van der Waals surface area contributed by atoms with E-state index in [1.807, 2.05) is 33.2 Å². The maximum Gasteiger partial charge on any atom is 0.126 e. The molecule has 0 amide bonds. The van der Waals surface area contributed by atoms with E-state index < -0.39 is 0 Å². The summed E-state index contributed by atoms with van der Waals surface area (Å²) in [4.78, 5) is 6.43. The summed E-state index contributed by atoms with van der Waals surface area (Å²) in [5, 5.41) is 12.6. The molecule has 0 atom stereocenters. The highest BCUT2D eigenvalue weighted by atomic mass is 16.3. The fourth-order valence-corrected chi connectivity index (χ4v) is 1.53. The van der Waals surface area contributed by atoms with Gasteiger partial charge in [-0.1, -0.05) is 6.92 Å². The van der Waals surface area contributed by atoms with Gasteiger partial charge in [0.2, 0.25) is 0 Å². The number of anilines is 1. The number of aliphatic hydroxyl groups is 1. The second-order valence-electron chi connectivity index (χ2n) is 5.30. The molecule has 1 rings (SSSR count). The van der Waals surface area contributed by atoms with Crippen LogP contribution in [0.2, 0.25) is 0 Å². The van der Waals surface area contributed by atoms with Crippen LogP contribution in [-0.2, 0) is 6.54 Å². The number of aromatic nitrogens is 1. The van der Waals surface area contributed by atoms with Gasteiger partial charge in [0.25, 0.3) is 0 Å². The van der Waals surface area contributed by atoms with Crippen LogP contribution in [0.25, 0.3) is 0 Å². The van der Waals surface area contributed by atoms with Crippen molar-refractivity contribution in [3.63, 3.8) is 0 Å². The van der Waals surface area contributed by atoms with Crippen LogP contribution in [0.3, 0.4) is 0 Å². The van der Waals surface area contributed by atoms with Crippen LogP contribution in [0.1, 0.15) is 32.8 Å². The second-order valence-corrected chi connectivity index (χ2v) is 5.30. The average Bonchev–Trinajstić information content (AvgIpc) is 2.36. The zero-order chi connectivity index (χ0) is 13.6. The molecular formula is C14H25N3O. The Morgan fingerprint density at radius 3 is 2.78 bits per heavy atom. The highest BCUT2D eigenvalue weighted by Gasteiger charge is 2.22. The summed E-state index contributed by atoms with van der Waals surface area (Å²) >= 11 is 0. The van der Waals surface area contributed by atoms with Crippen molar-refractivity contribution >= 4 is 5.82 Å². The van der Waals surface area contributed by atoms with Gasteiger partial charge in [0.1, 0.15) is 5.82 Å². The Balaban J connectivity index is 2.67. The van der Waals surface area contributed by atoms with Gasteiger partial charge < -0.3 is 10.4 Å². The molecule has 0 radical (unpaired) electrons. The van der Waals surface area contributed by atoms with Gasteiger partial charge in [-0.2, -0.15) is 0 Å². The molecule has 0 bridgehead atoms. The summed E-state index contributed by atoms with van der Waals surface area (Å²) < 4.78 is 0. The maximum atomic E-state index is 9.35. The van der Waals surface area contributed by atoms with Crippen molar-refractivity contribution in [1.82, 2.24) is 9.88 Å². The maximum absolute atomic E-state index is 9.35. The van der Waals surface area contributed by atoms with Gasteiger partial charge in [-0.05, 0) is 45.0 Å². The lowest BCUT2D eigenvalue weighted by molar-refractivity contribution is 0.0734. The molecule has 0 saturated carbocycles. The molecule has 18 heavy (non-hydrogen) atoms. The standard InChI is InChI=1S/C14H25N3O/c1-5-7-15-13-9-12(6-8-16-13)10-17(4)14(2,3)11-18/h6,8-9,18H,5,7,10-11H2,1-4H3,(H,15,16). The molecule has 4 nitrogen and oxygen atoms in total. The van der Waals surface area contributed by atoms with E-state index in [1.54, 1.807) is 0 Å². The highest BCUT2D eigenvalue weighted by molar-refractivity contribution is 5.37. The van der Waals surface area contributed by atoms with E-state index in [-0.39, 0.29) is 12.1 Å². The Bertz CT molecular complexity index is 366. The number of nitrogens with zero attached hydrogens (tertiary/aromatic N) is 2. The van der Waals surface area contributed by atoms with E-state index in [1.165, 1.54) is 5.56 Å². The first kappa shape index (κ1) is 14.9. The van der Waals surface area contributed by atoms with E-state index in [0.29, 0.717) is 0 Å². The molecule has 1 aromatic heterocycles. The lowest BCUT2D eigenvalue weighted by Crippen LogP contribution is -2.43. The van der Waals surface area contributed by atoms with Crippen molar-refractivity contribution in [1.29, 1.82) is 0 Å². The Kier molecular flexibility index (Phi) is 5.56. The van der Waals surface area contributed by atoms with Crippen LogP contribution in [0, 0.1) is 0 Å². The van der Waals surface area contributed by atoms with Crippen molar-refractivity contribution in [2.24, 2.45) is 0 Å².